The van der Waals surface area contributed by atoms with E-state index >= 15 is 0 Å². The van der Waals surface area contributed by atoms with Crippen molar-refractivity contribution in [2.75, 3.05) is 26.7 Å². The van der Waals surface area contributed by atoms with Gasteiger partial charge in [0.05, 0.1) is 23.8 Å². The maximum Gasteiger partial charge on any atom is 0.410 e. The van der Waals surface area contributed by atoms with Gasteiger partial charge in [0, 0.05) is 26.6 Å². The van der Waals surface area contributed by atoms with Crippen LogP contribution in [0.5, 0.6) is 5.75 Å². The number of hydrogen-bond donors (Lipinski definition) is 1. The first kappa shape index (κ1) is 26.2. The van der Waals surface area contributed by atoms with Crippen LogP contribution in [0, 0.1) is 5.92 Å². The number of carbonyl (C=O) groups is 5. The minimum atomic E-state index is -1.04. The van der Waals surface area contributed by atoms with Gasteiger partial charge in [0.2, 0.25) is 5.91 Å². The Balaban J connectivity index is 1.62. The van der Waals surface area contributed by atoms with Gasteiger partial charge in [-0.3, -0.25) is 19.3 Å². The number of benzene rings is 1. The molecule has 2 aliphatic rings. The molecule has 1 N–H and O–H groups in total. The lowest BCUT2D eigenvalue weighted by Gasteiger charge is -2.33. The van der Waals surface area contributed by atoms with Gasteiger partial charge in [-0.1, -0.05) is 6.07 Å². The number of piperidine rings is 1. The zero-order chi connectivity index (χ0) is 25.8. The van der Waals surface area contributed by atoms with Gasteiger partial charge in [-0.05, 0) is 58.1 Å². The van der Waals surface area contributed by atoms with Gasteiger partial charge >= 0.3 is 6.09 Å². The Hall–Kier alpha value is -3.43. The lowest BCUT2D eigenvalue weighted by atomic mass is 9.98. The van der Waals surface area contributed by atoms with E-state index in [1.54, 1.807) is 17.0 Å². The fourth-order valence-electron chi connectivity index (χ4n) is 4.17. The molecule has 2 heterocycles. The molecule has 0 radical (unpaired) electrons. The summed E-state index contributed by atoms with van der Waals surface area (Å²) in [6, 6.07) is 3.75. The van der Waals surface area contributed by atoms with Crippen molar-refractivity contribution < 1.29 is 33.4 Å². The predicted molar refractivity (Wildman–Crippen MR) is 126 cm³/mol. The zero-order valence-electron chi connectivity index (χ0n) is 20.7. The summed E-state index contributed by atoms with van der Waals surface area (Å²) in [5.41, 5.74) is -0.233. The van der Waals surface area contributed by atoms with Gasteiger partial charge in [0.15, 0.2) is 0 Å². The molecule has 0 aromatic heterocycles. The number of nitrogens with one attached hydrogen (secondary N) is 1. The minimum absolute atomic E-state index is 0.0126. The molecule has 1 aromatic rings. The van der Waals surface area contributed by atoms with Gasteiger partial charge < -0.3 is 24.5 Å². The van der Waals surface area contributed by atoms with Crippen LogP contribution in [-0.4, -0.2) is 78.3 Å². The van der Waals surface area contributed by atoms with E-state index < -0.39 is 23.5 Å². The molecule has 0 saturated carbocycles. The number of rotatable bonds is 8. The number of likely N-dealkylation sites (tertiary alicyclic amines) is 1. The molecule has 1 unspecified atom stereocenters. The summed E-state index contributed by atoms with van der Waals surface area (Å²) < 4.78 is 11.4. The lowest BCUT2D eigenvalue weighted by Crippen LogP contribution is -2.42. The van der Waals surface area contributed by atoms with E-state index in [0.29, 0.717) is 26.0 Å². The third-order valence-electron chi connectivity index (χ3n) is 6.08. The van der Waals surface area contributed by atoms with Crippen LogP contribution in [0.1, 0.15) is 67.2 Å². The van der Waals surface area contributed by atoms with Crippen LogP contribution in [0.2, 0.25) is 0 Å². The van der Waals surface area contributed by atoms with Gasteiger partial charge in [-0.15, -0.1) is 0 Å². The molecule has 35 heavy (non-hydrogen) atoms. The maximum atomic E-state index is 13.1. The predicted octanol–water partition coefficient (Wildman–Crippen LogP) is 2.40. The normalized spacial score (nSPS) is 17.1. The first-order valence-corrected chi connectivity index (χ1v) is 11.8. The second-order valence-corrected chi connectivity index (χ2v) is 9.80. The molecule has 0 bridgehead atoms. The summed E-state index contributed by atoms with van der Waals surface area (Å²) in [4.78, 5) is 64.1. The van der Waals surface area contributed by atoms with Crippen LogP contribution >= 0.6 is 0 Å². The molecule has 0 spiro atoms. The molecular weight excluding hydrogens is 454 g/mol. The molecule has 10 nitrogen and oxygen atoms in total. The Morgan fingerprint density at radius 2 is 1.86 bits per heavy atom. The third-order valence-corrected chi connectivity index (χ3v) is 6.08. The second kappa shape index (κ2) is 10.9. The van der Waals surface area contributed by atoms with Crippen LogP contribution in [0.4, 0.5) is 4.79 Å². The van der Waals surface area contributed by atoms with E-state index in [2.05, 4.69) is 5.32 Å². The molecule has 10 heteroatoms. The molecule has 2 aliphatic heterocycles. The number of hydrogen-bond acceptors (Lipinski definition) is 7. The highest BCUT2D eigenvalue weighted by Crippen LogP contribution is 2.33. The standard InChI is InChI=1S/C25H33N3O7/c1-25(2,3)35-24(33)27-12-10-16(11-13-27)15-34-19-7-5-6-18-21(19)23(32)28(22(18)31)17(14-29)8-9-20(30)26-4/h5-7,14,16-17H,8-13,15H2,1-4H3,(H,26,30). The van der Waals surface area contributed by atoms with Crippen LogP contribution in [0.25, 0.3) is 0 Å². The number of nitrogens with zero attached hydrogens (tertiary/aromatic N) is 2. The quantitative estimate of drug-likeness (QED) is 0.441. The largest absolute Gasteiger partial charge is 0.492 e. The molecular formula is C25H33N3O7. The summed E-state index contributed by atoms with van der Waals surface area (Å²) in [7, 11) is 1.48. The van der Waals surface area contributed by atoms with Crippen LogP contribution < -0.4 is 10.1 Å². The van der Waals surface area contributed by atoms with Crippen molar-refractivity contribution in [1.82, 2.24) is 15.1 Å². The van der Waals surface area contributed by atoms with E-state index in [1.165, 1.54) is 13.1 Å². The fourth-order valence-corrected chi connectivity index (χ4v) is 4.17. The SMILES string of the molecule is CNC(=O)CCC(C=O)N1C(=O)c2cccc(OCC3CCN(C(=O)OC(C)(C)C)CC3)c2C1=O. The van der Waals surface area contributed by atoms with Crippen molar-refractivity contribution in [1.29, 1.82) is 0 Å². The van der Waals surface area contributed by atoms with Gasteiger partial charge in [0.25, 0.3) is 11.8 Å². The first-order chi connectivity index (χ1) is 16.6. The number of ether oxygens (including phenoxy) is 2. The summed E-state index contributed by atoms with van der Waals surface area (Å²) in [5, 5.41) is 2.46. The number of carbonyl (C=O) groups excluding carboxylic acids is 5. The van der Waals surface area contributed by atoms with Crippen molar-refractivity contribution in [3.63, 3.8) is 0 Å². The number of fused-ring (bicyclic) bond motifs is 1. The van der Waals surface area contributed by atoms with Gasteiger partial charge in [-0.25, -0.2) is 4.79 Å². The van der Waals surface area contributed by atoms with Crippen molar-refractivity contribution in [3.8, 4) is 5.75 Å². The van der Waals surface area contributed by atoms with Crippen molar-refractivity contribution in [2.45, 2.75) is 58.1 Å². The van der Waals surface area contributed by atoms with E-state index in [0.717, 1.165) is 17.7 Å². The molecule has 1 atom stereocenters. The molecule has 0 aliphatic carbocycles. The van der Waals surface area contributed by atoms with Crippen LogP contribution in [0.3, 0.4) is 0 Å². The molecule has 1 fully saturated rings. The van der Waals surface area contributed by atoms with Crippen molar-refractivity contribution in [2.24, 2.45) is 5.92 Å². The molecule has 1 aromatic carbocycles. The molecule has 4 amide bonds. The summed E-state index contributed by atoms with van der Waals surface area (Å²) in [6.07, 6.45) is 1.69. The zero-order valence-corrected chi connectivity index (χ0v) is 20.7. The smallest absolute Gasteiger partial charge is 0.410 e. The summed E-state index contributed by atoms with van der Waals surface area (Å²) in [6.45, 7) is 6.91. The summed E-state index contributed by atoms with van der Waals surface area (Å²) in [5.74, 6) is -1.00. The van der Waals surface area contributed by atoms with Crippen LogP contribution in [0.15, 0.2) is 18.2 Å². The summed E-state index contributed by atoms with van der Waals surface area (Å²) >= 11 is 0. The van der Waals surface area contributed by atoms with Crippen molar-refractivity contribution >= 4 is 30.1 Å². The number of aldehydes is 1. The first-order valence-electron chi connectivity index (χ1n) is 11.8. The Kier molecular flexibility index (Phi) is 8.14. The highest BCUT2D eigenvalue weighted by Gasteiger charge is 2.42. The number of imide groups is 1. The highest BCUT2D eigenvalue weighted by molar-refractivity contribution is 6.23. The third kappa shape index (κ3) is 6.17. The lowest BCUT2D eigenvalue weighted by molar-refractivity contribution is -0.121. The minimum Gasteiger partial charge on any atom is -0.492 e. The van der Waals surface area contributed by atoms with Crippen LogP contribution in [-0.2, 0) is 14.3 Å². The van der Waals surface area contributed by atoms with E-state index in [1.807, 2.05) is 20.8 Å². The van der Waals surface area contributed by atoms with Crippen molar-refractivity contribution in [3.05, 3.63) is 29.3 Å². The molecule has 1 saturated heterocycles. The Bertz CT molecular complexity index is 993. The van der Waals surface area contributed by atoms with Gasteiger partial charge in [0.1, 0.15) is 17.6 Å². The monoisotopic (exact) mass is 487 g/mol. The Morgan fingerprint density at radius 3 is 2.46 bits per heavy atom. The van der Waals surface area contributed by atoms with E-state index in [-0.39, 0.29) is 47.6 Å². The van der Waals surface area contributed by atoms with E-state index in [9.17, 15) is 24.0 Å². The van der Waals surface area contributed by atoms with Gasteiger partial charge in [-0.2, -0.15) is 0 Å². The average molecular weight is 488 g/mol. The topological polar surface area (TPSA) is 122 Å². The maximum absolute atomic E-state index is 13.1. The average Bonchev–Trinajstić information content (AvgIpc) is 3.08. The molecule has 3 rings (SSSR count). The highest BCUT2D eigenvalue weighted by atomic mass is 16.6. The number of amides is 4. The van der Waals surface area contributed by atoms with E-state index in [4.69, 9.17) is 9.47 Å². The Morgan fingerprint density at radius 1 is 1.17 bits per heavy atom. The second-order valence-electron chi connectivity index (χ2n) is 9.80. The fraction of sp³-hybridized carbons (Fsp3) is 0.560. The molecule has 190 valence electrons. The Labute approximate surface area is 204 Å².